The number of hydrogen-bond donors (Lipinski definition) is 1. The molecule has 0 bridgehead atoms. The molecule has 1 heterocycles. The van der Waals surface area contributed by atoms with Crippen molar-refractivity contribution in [2.24, 2.45) is 0 Å². The Balaban J connectivity index is 1.60. The predicted octanol–water partition coefficient (Wildman–Crippen LogP) is 2.84. The zero-order valence-electron chi connectivity index (χ0n) is 11.4. The number of nitrogen functional groups attached to an aromatic ring is 1. The molecule has 0 fully saturated rings. The maximum Gasteiger partial charge on any atom is 0.261 e. The van der Waals surface area contributed by atoms with Gasteiger partial charge in [0, 0.05) is 23.8 Å². The fraction of sp³-hybridized carbons (Fsp3) is 0.188. The Morgan fingerprint density at radius 2 is 2.00 bits per heavy atom. The summed E-state index contributed by atoms with van der Waals surface area (Å²) < 4.78 is 5.48. The number of carbonyl (C=O) groups is 1. The molecule has 0 radical (unpaired) electrons. The molecular formula is C16H15ClN2O2. The van der Waals surface area contributed by atoms with Crippen molar-refractivity contribution in [2.75, 3.05) is 12.3 Å². The highest BCUT2D eigenvalue weighted by molar-refractivity contribution is 6.30. The van der Waals surface area contributed by atoms with Gasteiger partial charge in [-0.2, -0.15) is 0 Å². The summed E-state index contributed by atoms with van der Waals surface area (Å²) in [5.41, 5.74) is 8.72. The third kappa shape index (κ3) is 3.11. The van der Waals surface area contributed by atoms with Crippen LogP contribution in [0.5, 0.6) is 5.75 Å². The second-order valence-electron chi connectivity index (χ2n) is 5.02. The average Bonchev–Trinajstić information content (AvgIpc) is 2.88. The standard InChI is InChI=1S/C16H15ClN2O2/c17-13-2-1-3-15(7-13)21-10-16(20)19-8-11-4-5-14(18)6-12(11)9-19/h1-7H,8-10,18H2. The van der Waals surface area contributed by atoms with E-state index in [0.717, 1.165) is 16.8 Å². The van der Waals surface area contributed by atoms with Crippen LogP contribution in [0.3, 0.4) is 0 Å². The van der Waals surface area contributed by atoms with Gasteiger partial charge >= 0.3 is 0 Å². The number of rotatable bonds is 3. The third-order valence-corrected chi connectivity index (χ3v) is 3.70. The molecular weight excluding hydrogens is 288 g/mol. The van der Waals surface area contributed by atoms with Crippen molar-refractivity contribution in [2.45, 2.75) is 13.1 Å². The van der Waals surface area contributed by atoms with Crippen LogP contribution in [0.1, 0.15) is 11.1 Å². The summed E-state index contributed by atoms with van der Waals surface area (Å²) in [6.45, 7) is 1.19. The monoisotopic (exact) mass is 302 g/mol. The summed E-state index contributed by atoms with van der Waals surface area (Å²) in [5, 5.41) is 0.587. The second-order valence-corrected chi connectivity index (χ2v) is 5.46. The molecule has 0 saturated heterocycles. The minimum Gasteiger partial charge on any atom is -0.484 e. The van der Waals surface area contributed by atoms with Gasteiger partial charge in [-0.15, -0.1) is 0 Å². The molecule has 2 aromatic carbocycles. The van der Waals surface area contributed by atoms with Crippen molar-refractivity contribution in [3.63, 3.8) is 0 Å². The molecule has 4 nitrogen and oxygen atoms in total. The Morgan fingerprint density at radius 1 is 1.19 bits per heavy atom. The number of halogens is 1. The first kappa shape index (κ1) is 13.8. The van der Waals surface area contributed by atoms with E-state index in [1.54, 1.807) is 29.2 Å². The minimum absolute atomic E-state index is 0.00378. The number of carbonyl (C=O) groups excluding carboxylic acids is 1. The van der Waals surface area contributed by atoms with Crippen LogP contribution in [0.25, 0.3) is 0 Å². The quantitative estimate of drug-likeness (QED) is 0.887. The van der Waals surface area contributed by atoms with E-state index in [1.807, 2.05) is 18.2 Å². The summed E-state index contributed by atoms with van der Waals surface area (Å²) in [7, 11) is 0. The number of anilines is 1. The van der Waals surface area contributed by atoms with Crippen LogP contribution in [0.2, 0.25) is 5.02 Å². The first-order chi connectivity index (χ1) is 10.1. The predicted molar refractivity (Wildman–Crippen MR) is 82.1 cm³/mol. The molecule has 0 spiro atoms. The Hall–Kier alpha value is -2.20. The second kappa shape index (κ2) is 5.66. The molecule has 0 aliphatic carbocycles. The van der Waals surface area contributed by atoms with Crippen LogP contribution in [-0.4, -0.2) is 17.4 Å². The maximum atomic E-state index is 12.2. The number of benzene rings is 2. The summed E-state index contributed by atoms with van der Waals surface area (Å²) in [5.74, 6) is 0.543. The first-order valence-electron chi connectivity index (χ1n) is 6.65. The fourth-order valence-electron chi connectivity index (χ4n) is 2.38. The maximum absolute atomic E-state index is 12.2. The van der Waals surface area contributed by atoms with E-state index in [2.05, 4.69) is 0 Å². The largest absolute Gasteiger partial charge is 0.484 e. The first-order valence-corrected chi connectivity index (χ1v) is 7.03. The van der Waals surface area contributed by atoms with Gasteiger partial charge in [-0.1, -0.05) is 23.7 Å². The van der Waals surface area contributed by atoms with Gasteiger partial charge in [-0.3, -0.25) is 4.79 Å². The Labute approximate surface area is 128 Å². The van der Waals surface area contributed by atoms with E-state index in [1.165, 1.54) is 0 Å². The molecule has 0 saturated carbocycles. The van der Waals surface area contributed by atoms with Crippen LogP contribution >= 0.6 is 11.6 Å². The Bertz CT molecular complexity index is 688. The number of nitrogens with zero attached hydrogens (tertiary/aromatic N) is 1. The van der Waals surface area contributed by atoms with E-state index in [-0.39, 0.29) is 12.5 Å². The lowest BCUT2D eigenvalue weighted by Gasteiger charge is -2.15. The molecule has 0 atom stereocenters. The van der Waals surface area contributed by atoms with Gasteiger partial charge in [0.15, 0.2) is 6.61 Å². The van der Waals surface area contributed by atoms with Gasteiger partial charge in [0.2, 0.25) is 0 Å². The summed E-state index contributed by atoms with van der Waals surface area (Å²) in [6, 6.07) is 12.8. The van der Waals surface area contributed by atoms with Crippen molar-refractivity contribution in [1.29, 1.82) is 0 Å². The number of nitrogens with two attached hydrogens (primary N) is 1. The molecule has 2 aromatic rings. The molecule has 1 aliphatic heterocycles. The molecule has 1 aliphatic rings. The Morgan fingerprint density at radius 3 is 2.81 bits per heavy atom. The van der Waals surface area contributed by atoms with Gasteiger partial charge in [-0.05, 0) is 41.5 Å². The average molecular weight is 303 g/mol. The van der Waals surface area contributed by atoms with Crippen molar-refractivity contribution < 1.29 is 9.53 Å². The molecule has 5 heteroatoms. The normalized spacial score (nSPS) is 13.1. The summed E-state index contributed by atoms with van der Waals surface area (Å²) in [4.78, 5) is 14.0. The van der Waals surface area contributed by atoms with E-state index in [0.29, 0.717) is 23.9 Å². The zero-order chi connectivity index (χ0) is 14.8. The third-order valence-electron chi connectivity index (χ3n) is 3.46. The Kier molecular flexibility index (Phi) is 3.71. The van der Waals surface area contributed by atoms with Gasteiger partial charge < -0.3 is 15.4 Å². The minimum atomic E-state index is -0.0512. The van der Waals surface area contributed by atoms with Gasteiger partial charge in [0.05, 0.1) is 0 Å². The van der Waals surface area contributed by atoms with Crippen molar-refractivity contribution in [3.8, 4) is 5.75 Å². The summed E-state index contributed by atoms with van der Waals surface area (Å²) in [6.07, 6.45) is 0. The lowest BCUT2D eigenvalue weighted by Crippen LogP contribution is -2.30. The van der Waals surface area contributed by atoms with Gasteiger partial charge in [0.1, 0.15) is 5.75 Å². The zero-order valence-corrected chi connectivity index (χ0v) is 12.1. The molecule has 3 rings (SSSR count). The molecule has 0 aromatic heterocycles. The molecule has 108 valence electrons. The van der Waals surface area contributed by atoms with Gasteiger partial charge in [-0.25, -0.2) is 0 Å². The molecule has 0 unspecified atom stereocenters. The fourth-order valence-corrected chi connectivity index (χ4v) is 2.56. The van der Waals surface area contributed by atoms with Crippen molar-refractivity contribution in [1.82, 2.24) is 4.90 Å². The smallest absolute Gasteiger partial charge is 0.261 e. The molecule has 21 heavy (non-hydrogen) atoms. The highest BCUT2D eigenvalue weighted by Crippen LogP contribution is 2.25. The highest BCUT2D eigenvalue weighted by atomic mass is 35.5. The summed E-state index contributed by atoms with van der Waals surface area (Å²) >= 11 is 5.88. The van der Waals surface area contributed by atoms with E-state index in [4.69, 9.17) is 22.1 Å². The van der Waals surface area contributed by atoms with E-state index in [9.17, 15) is 4.79 Å². The van der Waals surface area contributed by atoms with Crippen LogP contribution in [-0.2, 0) is 17.9 Å². The lowest BCUT2D eigenvalue weighted by atomic mass is 10.1. The number of fused-ring (bicyclic) bond motifs is 1. The number of amides is 1. The lowest BCUT2D eigenvalue weighted by molar-refractivity contribution is -0.134. The number of hydrogen-bond acceptors (Lipinski definition) is 3. The van der Waals surface area contributed by atoms with E-state index >= 15 is 0 Å². The molecule has 1 amide bonds. The van der Waals surface area contributed by atoms with Crippen LogP contribution in [0.4, 0.5) is 5.69 Å². The van der Waals surface area contributed by atoms with Gasteiger partial charge in [0.25, 0.3) is 5.91 Å². The van der Waals surface area contributed by atoms with Crippen LogP contribution in [0.15, 0.2) is 42.5 Å². The molecule has 2 N–H and O–H groups in total. The van der Waals surface area contributed by atoms with Crippen molar-refractivity contribution in [3.05, 3.63) is 58.6 Å². The van der Waals surface area contributed by atoms with E-state index < -0.39 is 0 Å². The topological polar surface area (TPSA) is 55.6 Å². The highest BCUT2D eigenvalue weighted by Gasteiger charge is 2.23. The van der Waals surface area contributed by atoms with Crippen LogP contribution in [0, 0.1) is 0 Å². The van der Waals surface area contributed by atoms with Crippen molar-refractivity contribution >= 4 is 23.2 Å². The SMILES string of the molecule is Nc1ccc2c(c1)CN(C(=O)COc1cccc(Cl)c1)C2. The van der Waals surface area contributed by atoms with Crippen LogP contribution < -0.4 is 10.5 Å². The number of ether oxygens (including phenoxy) is 1.